The van der Waals surface area contributed by atoms with Gasteiger partial charge in [0.2, 0.25) is 10.0 Å². The molecule has 1 aliphatic rings. The second-order valence-corrected chi connectivity index (χ2v) is 8.09. The molecule has 1 aliphatic heterocycles. The first-order valence-corrected chi connectivity index (χ1v) is 9.57. The SMILES string of the molecule is CCCn1c(C)cnc1CC1CCN(S(=O)(=O)CCC)C1. The molecule has 1 atom stereocenters. The van der Waals surface area contributed by atoms with E-state index < -0.39 is 10.0 Å². The molecule has 0 aliphatic carbocycles. The minimum absolute atomic E-state index is 0.267. The largest absolute Gasteiger partial charge is 0.332 e. The number of sulfonamides is 1. The van der Waals surface area contributed by atoms with Crippen LogP contribution in [0.3, 0.4) is 0 Å². The molecule has 0 N–H and O–H groups in total. The van der Waals surface area contributed by atoms with Crippen LogP contribution >= 0.6 is 0 Å². The first-order valence-electron chi connectivity index (χ1n) is 7.96. The highest BCUT2D eigenvalue weighted by Crippen LogP contribution is 2.23. The van der Waals surface area contributed by atoms with E-state index in [-0.39, 0.29) is 5.75 Å². The number of hydrogen-bond donors (Lipinski definition) is 0. The van der Waals surface area contributed by atoms with E-state index in [2.05, 4.69) is 23.4 Å². The lowest BCUT2D eigenvalue weighted by Gasteiger charge is -2.16. The summed E-state index contributed by atoms with van der Waals surface area (Å²) in [5.41, 5.74) is 1.19. The van der Waals surface area contributed by atoms with Crippen LogP contribution in [-0.4, -0.2) is 41.1 Å². The molecule has 120 valence electrons. The van der Waals surface area contributed by atoms with Crippen molar-refractivity contribution < 1.29 is 8.42 Å². The number of imidazole rings is 1. The first-order chi connectivity index (χ1) is 9.97. The van der Waals surface area contributed by atoms with Crippen molar-refractivity contribution in [2.75, 3.05) is 18.8 Å². The van der Waals surface area contributed by atoms with E-state index in [1.165, 1.54) is 5.69 Å². The monoisotopic (exact) mass is 313 g/mol. The predicted octanol–water partition coefficient (Wildman–Crippen LogP) is 2.21. The zero-order chi connectivity index (χ0) is 15.5. The number of aromatic nitrogens is 2. The third kappa shape index (κ3) is 3.86. The molecular formula is C15H27N3O2S. The molecule has 0 bridgehead atoms. The third-order valence-corrected chi connectivity index (χ3v) is 6.20. The second-order valence-electron chi connectivity index (χ2n) is 6.00. The van der Waals surface area contributed by atoms with E-state index in [0.717, 1.165) is 31.6 Å². The van der Waals surface area contributed by atoms with E-state index in [4.69, 9.17) is 0 Å². The summed E-state index contributed by atoms with van der Waals surface area (Å²) >= 11 is 0. The second kappa shape index (κ2) is 6.92. The summed E-state index contributed by atoms with van der Waals surface area (Å²) in [6, 6.07) is 0. The van der Waals surface area contributed by atoms with Gasteiger partial charge in [-0.1, -0.05) is 13.8 Å². The Kier molecular flexibility index (Phi) is 5.43. The first kappa shape index (κ1) is 16.5. The highest BCUT2D eigenvalue weighted by Gasteiger charge is 2.31. The molecule has 21 heavy (non-hydrogen) atoms. The molecule has 1 aromatic heterocycles. The van der Waals surface area contributed by atoms with Gasteiger partial charge in [0.1, 0.15) is 5.82 Å². The summed E-state index contributed by atoms with van der Waals surface area (Å²) in [6.45, 7) is 8.47. The van der Waals surface area contributed by atoms with Crippen LogP contribution < -0.4 is 0 Å². The number of aryl methyl sites for hydroxylation is 1. The van der Waals surface area contributed by atoms with Crippen LogP contribution in [0.2, 0.25) is 0 Å². The average Bonchev–Trinajstić information content (AvgIpc) is 3.01. The maximum Gasteiger partial charge on any atom is 0.214 e. The number of rotatable bonds is 7. The summed E-state index contributed by atoms with van der Waals surface area (Å²) < 4.78 is 28.2. The summed E-state index contributed by atoms with van der Waals surface area (Å²) in [6.07, 6.45) is 5.52. The van der Waals surface area contributed by atoms with Gasteiger partial charge in [-0.15, -0.1) is 0 Å². The van der Waals surface area contributed by atoms with Gasteiger partial charge < -0.3 is 4.57 Å². The lowest BCUT2D eigenvalue weighted by molar-refractivity contribution is 0.448. The Morgan fingerprint density at radius 1 is 1.33 bits per heavy atom. The van der Waals surface area contributed by atoms with E-state index in [1.54, 1.807) is 4.31 Å². The Morgan fingerprint density at radius 3 is 2.76 bits per heavy atom. The Balaban J connectivity index is 2.00. The highest BCUT2D eigenvalue weighted by atomic mass is 32.2. The maximum absolute atomic E-state index is 12.1. The van der Waals surface area contributed by atoms with Crippen molar-refractivity contribution in [2.24, 2.45) is 5.92 Å². The summed E-state index contributed by atoms with van der Waals surface area (Å²) in [4.78, 5) is 4.52. The van der Waals surface area contributed by atoms with Crippen LogP contribution in [0.4, 0.5) is 0 Å². The van der Waals surface area contributed by atoms with Crippen molar-refractivity contribution in [3.05, 3.63) is 17.7 Å². The van der Waals surface area contributed by atoms with E-state index in [1.807, 2.05) is 13.1 Å². The Bertz CT molecular complexity index is 565. The molecule has 6 heteroatoms. The van der Waals surface area contributed by atoms with Gasteiger partial charge in [-0.25, -0.2) is 17.7 Å². The van der Waals surface area contributed by atoms with Crippen molar-refractivity contribution in [3.63, 3.8) is 0 Å². The highest BCUT2D eigenvalue weighted by molar-refractivity contribution is 7.89. The number of hydrogen-bond acceptors (Lipinski definition) is 3. The zero-order valence-corrected chi connectivity index (χ0v) is 14.2. The van der Waals surface area contributed by atoms with Gasteiger partial charge >= 0.3 is 0 Å². The standard InChI is InChI=1S/C15H27N3O2S/c1-4-7-18-13(3)11-16-15(18)10-14-6-8-17(12-14)21(19,20)9-5-2/h11,14H,4-10,12H2,1-3H3. The zero-order valence-electron chi connectivity index (χ0n) is 13.4. The van der Waals surface area contributed by atoms with Gasteiger partial charge in [0.25, 0.3) is 0 Å². The van der Waals surface area contributed by atoms with Crippen LogP contribution in [0.15, 0.2) is 6.20 Å². The van der Waals surface area contributed by atoms with Crippen molar-refractivity contribution in [1.29, 1.82) is 0 Å². The van der Waals surface area contributed by atoms with Gasteiger partial charge in [0.15, 0.2) is 0 Å². The van der Waals surface area contributed by atoms with E-state index >= 15 is 0 Å². The fraction of sp³-hybridized carbons (Fsp3) is 0.800. The van der Waals surface area contributed by atoms with Crippen LogP contribution in [0.5, 0.6) is 0 Å². The van der Waals surface area contributed by atoms with Crippen LogP contribution in [0.25, 0.3) is 0 Å². The minimum atomic E-state index is -3.04. The van der Waals surface area contributed by atoms with Crippen LogP contribution in [0, 0.1) is 12.8 Å². The third-order valence-electron chi connectivity index (χ3n) is 4.16. The molecule has 2 heterocycles. The van der Waals surface area contributed by atoms with E-state index in [9.17, 15) is 8.42 Å². The lowest BCUT2D eigenvalue weighted by Crippen LogP contribution is -2.31. The molecule has 0 radical (unpaired) electrons. The minimum Gasteiger partial charge on any atom is -0.332 e. The Hall–Kier alpha value is -0.880. The Morgan fingerprint density at radius 2 is 2.10 bits per heavy atom. The predicted molar refractivity (Wildman–Crippen MR) is 84.7 cm³/mol. The van der Waals surface area contributed by atoms with Crippen molar-refractivity contribution in [2.45, 2.75) is 53.0 Å². The molecule has 5 nitrogen and oxygen atoms in total. The molecule has 1 unspecified atom stereocenters. The molecule has 1 aromatic rings. The summed E-state index contributed by atoms with van der Waals surface area (Å²) in [5, 5.41) is 0. The molecule has 0 spiro atoms. The van der Waals surface area contributed by atoms with Crippen LogP contribution in [-0.2, 0) is 23.0 Å². The summed E-state index contributed by atoms with van der Waals surface area (Å²) in [5.74, 6) is 1.77. The van der Waals surface area contributed by atoms with Crippen LogP contribution in [0.1, 0.15) is 44.6 Å². The molecular weight excluding hydrogens is 286 g/mol. The van der Waals surface area contributed by atoms with Crippen molar-refractivity contribution in [3.8, 4) is 0 Å². The smallest absolute Gasteiger partial charge is 0.214 e. The molecule has 1 saturated heterocycles. The topological polar surface area (TPSA) is 55.2 Å². The lowest BCUT2D eigenvalue weighted by atomic mass is 10.0. The quantitative estimate of drug-likeness (QED) is 0.775. The molecule has 2 rings (SSSR count). The van der Waals surface area contributed by atoms with E-state index in [0.29, 0.717) is 25.4 Å². The van der Waals surface area contributed by atoms with Gasteiger partial charge in [-0.2, -0.15) is 0 Å². The summed E-state index contributed by atoms with van der Waals surface area (Å²) in [7, 11) is -3.04. The van der Waals surface area contributed by atoms with Gasteiger partial charge in [-0.3, -0.25) is 0 Å². The molecule has 0 saturated carbocycles. The molecule has 1 fully saturated rings. The molecule has 0 amide bonds. The van der Waals surface area contributed by atoms with Crippen molar-refractivity contribution in [1.82, 2.24) is 13.9 Å². The van der Waals surface area contributed by atoms with Gasteiger partial charge in [0, 0.05) is 37.9 Å². The average molecular weight is 313 g/mol. The Labute approximate surface area is 128 Å². The molecule has 0 aromatic carbocycles. The number of nitrogens with zero attached hydrogens (tertiary/aromatic N) is 3. The fourth-order valence-corrected chi connectivity index (χ4v) is 4.66. The van der Waals surface area contributed by atoms with Crippen molar-refractivity contribution >= 4 is 10.0 Å². The van der Waals surface area contributed by atoms with Gasteiger partial charge in [0.05, 0.1) is 5.75 Å². The van der Waals surface area contributed by atoms with Gasteiger partial charge in [-0.05, 0) is 32.1 Å². The maximum atomic E-state index is 12.1. The fourth-order valence-electron chi connectivity index (χ4n) is 3.06. The normalized spacial score (nSPS) is 20.2.